The quantitative estimate of drug-likeness (QED) is 0.523. The summed E-state index contributed by atoms with van der Waals surface area (Å²) in [4.78, 5) is 5.35. The van der Waals surface area contributed by atoms with Gasteiger partial charge in [-0.3, -0.25) is 0 Å². The summed E-state index contributed by atoms with van der Waals surface area (Å²) in [6.07, 6.45) is 0.455. The molecule has 0 aliphatic rings. The lowest BCUT2D eigenvalue weighted by atomic mass is 10.2. The Morgan fingerprint density at radius 1 is 1.18 bits per heavy atom. The van der Waals surface area contributed by atoms with Crippen LogP contribution in [-0.2, 0) is 16.4 Å². The number of aromatic nitrogens is 3. The number of thiazole rings is 1. The van der Waals surface area contributed by atoms with Crippen molar-refractivity contribution >= 4 is 26.3 Å². The fourth-order valence-electron chi connectivity index (χ4n) is 2.83. The van der Waals surface area contributed by atoms with Gasteiger partial charge in [0.2, 0.25) is 15.0 Å². The van der Waals surface area contributed by atoms with E-state index in [2.05, 4.69) is 14.8 Å². The van der Waals surface area contributed by atoms with E-state index in [1.54, 1.807) is 34.8 Å². The van der Waals surface area contributed by atoms with E-state index in [0.717, 1.165) is 11.3 Å². The molecule has 4 rings (SSSR count). The van der Waals surface area contributed by atoms with Crippen molar-refractivity contribution in [1.29, 1.82) is 0 Å². The first-order valence-electron chi connectivity index (χ1n) is 8.58. The second kappa shape index (κ2) is 7.42. The number of nitrogens with one attached hydrogen (secondary N) is 1. The van der Waals surface area contributed by atoms with Crippen molar-refractivity contribution in [2.24, 2.45) is 0 Å². The van der Waals surface area contributed by atoms with Gasteiger partial charge in [0, 0.05) is 23.9 Å². The summed E-state index contributed by atoms with van der Waals surface area (Å²) in [5.41, 5.74) is 2.32. The van der Waals surface area contributed by atoms with Gasteiger partial charge in [0.1, 0.15) is 5.82 Å². The van der Waals surface area contributed by atoms with Gasteiger partial charge in [-0.15, -0.1) is 16.4 Å². The summed E-state index contributed by atoms with van der Waals surface area (Å²) >= 11 is 1.41. The van der Waals surface area contributed by atoms with Crippen LogP contribution in [0.4, 0.5) is 4.39 Å². The van der Waals surface area contributed by atoms with E-state index in [4.69, 9.17) is 0 Å². The average Bonchev–Trinajstić information content (AvgIpc) is 3.23. The van der Waals surface area contributed by atoms with Crippen LogP contribution >= 0.6 is 11.3 Å². The van der Waals surface area contributed by atoms with E-state index in [-0.39, 0.29) is 17.3 Å². The van der Waals surface area contributed by atoms with E-state index in [1.165, 1.54) is 23.5 Å². The third-order valence-electron chi connectivity index (χ3n) is 4.21. The molecule has 2 aromatic carbocycles. The van der Waals surface area contributed by atoms with Crippen LogP contribution in [0.3, 0.4) is 0 Å². The van der Waals surface area contributed by atoms with Gasteiger partial charge in [-0.1, -0.05) is 24.3 Å². The number of hydrogen-bond donors (Lipinski definition) is 1. The minimum absolute atomic E-state index is 0.233. The van der Waals surface area contributed by atoms with Gasteiger partial charge >= 0.3 is 0 Å². The molecule has 0 saturated heterocycles. The van der Waals surface area contributed by atoms with Crippen molar-refractivity contribution in [1.82, 2.24) is 19.3 Å². The molecule has 0 fully saturated rings. The molecule has 2 aromatic heterocycles. The Balaban J connectivity index is 1.50. The molecule has 28 heavy (non-hydrogen) atoms. The van der Waals surface area contributed by atoms with E-state index in [0.29, 0.717) is 22.8 Å². The van der Waals surface area contributed by atoms with Gasteiger partial charge in [-0.05, 0) is 36.8 Å². The maximum Gasteiger partial charge on any atom is 0.240 e. The summed E-state index contributed by atoms with van der Waals surface area (Å²) in [7, 11) is -3.57. The molecular weight excluding hydrogens is 399 g/mol. The van der Waals surface area contributed by atoms with Gasteiger partial charge in [0.25, 0.3) is 0 Å². The number of fused-ring (bicyclic) bond motifs is 1. The molecule has 0 bridgehead atoms. The average molecular weight is 417 g/mol. The van der Waals surface area contributed by atoms with Crippen molar-refractivity contribution < 1.29 is 12.8 Å². The van der Waals surface area contributed by atoms with Crippen LogP contribution in [0, 0.1) is 12.7 Å². The molecule has 4 aromatic rings. The highest BCUT2D eigenvalue weighted by molar-refractivity contribution is 7.89. The molecule has 9 heteroatoms. The highest BCUT2D eigenvalue weighted by atomic mass is 32.2. The molecule has 0 spiro atoms. The standard InChI is InChI=1S/C19H17FN4O2S2/c1-13-4-2-7-17(10-13)28(25,26)21-9-8-16-12-27-19-22-18(23-24(16)19)14-5-3-6-15(20)11-14/h2-7,10-12,21H,8-9H2,1H3. The molecular formula is C19H17FN4O2S2. The van der Waals surface area contributed by atoms with Crippen LogP contribution in [0.1, 0.15) is 11.3 Å². The molecule has 0 atom stereocenters. The van der Waals surface area contributed by atoms with Crippen molar-refractivity contribution in [2.75, 3.05) is 6.54 Å². The van der Waals surface area contributed by atoms with Gasteiger partial charge in [-0.2, -0.15) is 4.98 Å². The van der Waals surface area contributed by atoms with Crippen LogP contribution in [0.2, 0.25) is 0 Å². The zero-order valence-corrected chi connectivity index (χ0v) is 16.6. The number of sulfonamides is 1. The predicted octanol–water partition coefficient (Wildman–Crippen LogP) is 3.43. The first-order valence-corrected chi connectivity index (χ1v) is 10.9. The molecule has 2 heterocycles. The number of benzene rings is 2. The zero-order valence-electron chi connectivity index (χ0n) is 15.0. The normalized spacial score (nSPS) is 11.9. The van der Waals surface area contributed by atoms with Gasteiger partial charge in [0.15, 0.2) is 5.82 Å². The highest BCUT2D eigenvalue weighted by Crippen LogP contribution is 2.21. The van der Waals surface area contributed by atoms with Crippen molar-refractivity contribution in [3.63, 3.8) is 0 Å². The van der Waals surface area contributed by atoms with Crippen LogP contribution in [0.5, 0.6) is 0 Å². The lowest BCUT2D eigenvalue weighted by Gasteiger charge is -2.07. The number of nitrogens with zero attached hydrogens (tertiary/aromatic N) is 3. The van der Waals surface area contributed by atoms with Crippen LogP contribution < -0.4 is 4.72 Å². The first kappa shape index (κ1) is 18.7. The maximum absolute atomic E-state index is 13.4. The molecule has 0 aliphatic heterocycles. The summed E-state index contributed by atoms with van der Waals surface area (Å²) < 4.78 is 42.6. The summed E-state index contributed by atoms with van der Waals surface area (Å²) in [6, 6.07) is 12.9. The molecule has 0 amide bonds. The minimum atomic E-state index is -3.57. The third kappa shape index (κ3) is 3.82. The topological polar surface area (TPSA) is 76.4 Å². The van der Waals surface area contributed by atoms with Crippen molar-refractivity contribution in [2.45, 2.75) is 18.2 Å². The lowest BCUT2D eigenvalue weighted by molar-refractivity contribution is 0.581. The lowest BCUT2D eigenvalue weighted by Crippen LogP contribution is -2.26. The molecule has 0 aliphatic carbocycles. The second-order valence-corrected chi connectivity index (χ2v) is 8.93. The maximum atomic E-state index is 13.4. The minimum Gasteiger partial charge on any atom is -0.211 e. The Morgan fingerprint density at radius 2 is 2.00 bits per heavy atom. The van der Waals surface area contributed by atoms with E-state index in [1.807, 2.05) is 18.4 Å². The third-order valence-corrected chi connectivity index (χ3v) is 6.53. The van der Waals surface area contributed by atoms with E-state index < -0.39 is 10.0 Å². The zero-order chi connectivity index (χ0) is 19.7. The Hall–Kier alpha value is -2.62. The monoisotopic (exact) mass is 416 g/mol. The van der Waals surface area contributed by atoms with Crippen molar-refractivity contribution in [3.8, 4) is 11.4 Å². The molecule has 1 N–H and O–H groups in total. The fourth-order valence-corrected chi connectivity index (χ4v) is 4.82. The molecule has 0 saturated carbocycles. The number of aryl methyl sites for hydroxylation is 1. The largest absolute Gasteiger partial charge is 0.240 e. The molecule has 0 radical (unpaired) electrons. The predicted molar refractivity (Wildman–Crippen MR) is 106 cm³/mol. The Labute approximate surface area is 165 Å². The van der Waals surface area contributed by atoms with Gasteiger partial charge < -0.3 is 0 Å². The first-order chi connectivity index (χ1) is 13.4. The number of hydrogen-bond acceptors (Lipinski definition) is 5. The Morgan fingerprint density at radius 3 is 2.79 bits per heavy atom. The number of halogens is 1. The summed E-state index contributed by atoms with van der Waals surface area (Å²) in [5.74, 6) is 0.0920. The Bertz CT molecular complexity index is 1250. The summed E-state index contributed by atoms with van der Waals surface area (Å²) in [6.45, 7) is 2.08. The van der Waals surface area contributed by atoms with Crippen LogP contribution in [-0.4, -0.2) is 29.6 Å². The SMILES string of the molecule is Cc1cccc(S(=O)(=O)NCCc2csc3nc(-c4cccc(F)c4)nn23)c1. The van der Waals surface area contributed by atoms with E-state index in [9.17, 15) is 12.8 Å². The number of rotatable bonds is 6. The molecule has 0 unspecified atom stereocenters. The summed E-state index contributed by atoms with van der Waals surface area (Å²) in [5, 5.41) is 6.34. The fraction of sp³-hybridized carbons (Fsp3) is 0.158. The van der Waals surface area contributed by atoms with Crippen molar-refractivity contribution in [3.05, 3.63) is 71.0 Å². The van der Waals surface area contributed by atoms with Gasteiger partial charge in [0.05, 0.1) is 10.6 Å². The Kier molecular flexibility index (Phi) is 4.96. The smallest absolute Gasteiger partial charge is 0.211 e. The highest BCUT2D eigenvalue weighted by Gasteiger charge is 2.15. The van der Waals surface area contributed by atoms with Crippen LogP contribution in [0.15, 0.2) is 58.8 Å². The van der Waals surface area contributed by atoms with Crippen LogP contribution in [0.25, 0.3) is 16.3 Å². The molecule has 6 nitrogen and oxygen atoms in total. The second-order valence-electron chi connectivity index (χ2n) is 6.33. The van der Waals surface area contributed by atoms with Gasteiger partial charge in [-0.25, -0.2) is 22.0 Å². The van der Waals surface area contributed by atoms with E-state index >= 15 is 0 Å². The molecule has 144 valence electrons.